The lowest BCUT2D eigenvalue weighted by atomic mass is 10.1. The van der Waals surface area contributed by atoms with Crippen LogP contribution in [0.25, 0.3) is 0 Å². The van der Waals surface area contributed by atoms with E-state index in [1.165, 1.54) is 0 Å². The molecule has 1 N–H and O–H groups in total. The highest BCUT2D eigenvalue weighted by Crippen LogP contribution is 2.28. The molecule has 2 aromatic rings. The van der Waals surface area contributed by atoms with E-state index in [-0.39, 0.29) is 24.2 Å². The van der Waals surface area contributed by atoms with Crippen LogP contribution < -0.4 is 10.2 Å². The Bertz CT molecular complexity index is 804. The average Bonchev–Trinajstić information content (AvgIpc) is 2.92. The van der Waals surface area contributed by atoms with Gasteiger partial charge in [0.2, 0.25) is 11.8 Å². The Labute approximate surface area is 146 Å². The van der Waals surface area contributed by atoms with E-state index in [1.807, 2.05) is 38.1 Å². The maximum Gasteiger partial charge on any atom is 0.229 e. The molecule has 124 valence electrons. The number of carbonyl (C=O) groups excluding carboxylic acids is 2. The number of nitrogens with one attached hydrogen (secondary N) is 1. The van der Waals surface area contributed by atoms with Gasteiger partial charge in [0.25, 0.3) is 0 Å². The Morgan fingerprint density at radius 3 is 2.71 bits per heavy atom. The van der Waals surface area contributed by atoms with Gasteiger partial charge in [0.05, 0.1) is 5.92 Å². The third-order valence-electron chi connectivity index (χ3n) is 4.26. The standard InChI is InChI=1S/C19H19ClN2O2/c1-12-6-7-17(13(2)8-12)21-19(24)14-9-18(23)22(11-14)16-5-3-4-15(20)10-16/h3-8,10,14H,9,11H2,1-2H3,(H,21,24)/t14-/m1/s1. The fourth-order valence-electron chi connectivity index (χ4n) is 2.97. The quantitative estimate of drug-likeness (QED) is 0.918. The first-order chi connectivity index (χ1) is 11.4. The highest BCUT2D eigenvalue weighted by molar-refractivity contribution is 6.31. The third-order valence-corrected chi connectivity index (χ3v) is 4.49. The first kappa shape index (κ1) is 16.5. The van der Waals surface area contributed by atoms with Crippen molar-refractivity contribution in [3.8, 4) is 0 Å². The van der Waals surface area contributed by atoms with Crippen molar-refractivity contribution in [2.24, 2.45) is 5.92 Å². The SMILES string of the molecule is Cc1ccc(NC(=O)[C@@H]2CC(=O)N(c3cccc(Cl)c3)C2)c(C)c1. The summed E-state index contributed by atoms with van der Waals surface area (Å²) in [5, 5.41) is 3.51. The van der Waals surface area contributed by atoms with Crippen molar-refractivity contribution < 1.29 is 9.59 Å². The topological polar surface area (TPSA) is 49.4 Å². The second-order valence-electron chi connectivity index (χ2n) is 6.19. The number of rotatable bonds is 3. The molecule has 2 amide bonds. The summed E-state index contributed by atoms with van der Waals surface area (Å²) in [6.07, 6.45) is 0.212. The molecule has 1 aliphatic rings. The smallest absolute Gasteiger partial charge is 0.229 e. The monoisotopic (exact) mass is 342 g/mol. The largest absolute Gasteiger partial charge is 0.326 e. The molecular formula is C19H19ClN2O2. The molecule has 4 nitrogen and oxygen atoms in total. The average molecular weight is 343 g/mol. The molecule has 5 heteroatoms. The third kappa shape index (κ3) is 3.44. The van der Waals surface area contributed by atoms with Gasteiger partial charge in [-0.1, -0.05) is 35.4 Å². The van der Waals surface area contributed by atoms with E-state index < -0.39 is 0 Å². The van der Waals surface area contributed by atoms with Crippen LogP contribution in [-0.2, 0) is 9.59 Å². The Morgan fingerprint density at radius 1 is 1.21 bits per heavy atom. The predicted molar refractivity (Wildman–Crippen MR) is 96.5 cm³/mol. The number of aryl methyl sites for hydroxylation is 2. The molecule has 0 bridgehead atoms. The second-order valence-corrected chi connectivity index (χ2v) is 6.63. The molecule has 2 aromatic carbocycles. The Balaban J connectivity index is 1.72. The van der Waals surface area contributed by atoms with Crippen LogP contribution in [0.3, 0.4) is 0 Å². The number of halogens is 1. The molecule has 0 unspecified atom stereocenters. The van der Waals surface area contributed by atoms with Gasteiger partial charge in [-0.3, -0.25) is 9.59 Å². The van der Waals surface area contributed by atoms with Gasteiger partial charge >= 0.3 is 0 Å². The minimum absolute atomic E-state index is 0.0574. The van der Waals surface area contributed by atoms with Crippen molar-refractivity contribution >= 4 is 34.8 Å². The summed E-state index contributed by atoms with van der Waals surface area (Å²) in [5.74, 6) is -0.546. The zero-order valence-electron chi connectivity index (χ0n) is 13.7. The molecular weight excluding hydrogens is 324 g/mol. The number of amides is 2. The van der Waals surface area contributed by atoms with E-state index in [0.717, 1.165) is 22.5 Å². The van der Waals surface area contributed by atoms with E-state index in [9.17, 15) is 9.59 Å². The highest BCUT2D eigenvalue weighted by Gasteiger charge is 2.35. The van der Waals surface area contributed by atoms with Gasteiger partial charge in [0.15, 0.2) is 0 Å². The number of nitrogens with zero attached hydrogens (tertiary/aromatic N) is 1. The zero-order chi connectivity index (χ0) is 17.3. The minimum Gasteiger partial charge on any atom is -0.326 e. The first-order valence-corrected chi connectivity index (χ1v) is 8.26. The fourth-order valence-corrected chi connectivity index (χ4v) is 3.15. The van der Waals surface area contributed by atoms with Crippen LogP contribution in [0.1, 0.15) is 17.5 Å². The maximum atomic E-state index is 12.5. The van der Waals surface area contributed by atoms with Crippen LogP contribution in [0.5, 0.6) is 0 Å². The second kappa shape index (κ2) is 6.65. The summed E-state index contributed by atoms with van der Waals surface area (Å²) in [6, 6.07) is 13.0. The molecule has 3 rings (SSSR count). The molecule has 1 heterocycles. The van der Waals surface area contributed by atoms with E-state index >= 15 is 0 Å². The molecule has 1 aliphatic heterocycles. The summed E-state index contributed by atoms with van der Waals surface area (Å²) in [6.45, 7) is 4.34. The summed E-state index contributed by atoms with van der Waals surface area (Å²) in [5.41, 5.74) is 3.68. The van der Waals surface area contributed by atoms with Gasteiger partial charge in [0, 0.05) is 29.4 Å². The first-order valence-electron chi connectivity index (χ1n) is 7.88. The zero-order valence-corrected chi connectivity index (χ0v) is 14.4. The molecule has 1 fully saturated rings. The van der Waals surface area contributed by atoms with E-state index in [1.54, 1.807) is 23.1 Å². The highest BCUT2D eigenvalue weighted by atomic mass is 35.5. The summed E-state index contributed by atoms with van der Waals surface area (Å²) >= 11 is 5.99. The summed E-state index contributed by atoms with van der Waals surface area (Å²) < 4.78 is 0. The Hall–Kier alpha value is -2.33. The van der Waals surface area contributed by atoms with Gasteiger partial charge in [-0.25, -0.2) is 0 Å². The van der Waals surface area contributed by atoms with Crippen molar-refractivity contribution in [1.29, 1.82) is 0 Å². The van der Waals surface area contributed by atoms with Crippen molar-refractivity contribution in [2.45, 2.75) is 20.3 Å². The lowest BCUT2D eigenvalue weighted by Crippen LogP contribution is -2.28. The lowest BCUT2D eigenvalue weighted by Gasteiger charge is -2.17. The van der Waals surface area contributed by atoms with E-state index in [0.29, 0.717) is 11.6 Å². The van der Waals surface area contributed by atoms with Crippen LogP contribution >= 0.6 is 11.6 Å². The normalized spacial score (nSPS) is 17.2. The van der Waals surface area contributed by atoms with Crippen molar-refractivity contribution in [3.05, 3.63) is 58.6 Å². The Morgan fingerprint density at radius 2 is 2.00 bits per heavy atom. The van der Waals surface area contributed by atoms with Crippen LogP contribution in [0.4, 0.5) is 11.4 Å². The molecule has 0 radical (unpaired) electrons. The van der Waals surface area contributed by atoms with Gasteiger partial charge in [-0.05, 0) is 43.7 Å². The molecule has 0 aromatic heterocycles. The lowest BCUT2D eigenvalue weighted by molar-refractivity contribution is -0.122. The number of hydrogen-bond acceptors (Lipinski definition) is 2. The van der Waals surface area contributed by atoms with Crippen molar-refractivity contribution in [1.82, 2.24) is 0 Å². The van der Waals surface area contributed by atoms with Gasteiger partial charge in [-0.15, -0.1) is 0 Å². The molecule has 0 aliphatic carbocycles. The van der Waals surface area contributed by atoms with Crippen LogP contribution in [0.15, 0.2) is 42.5 Å². The maximum absolute atomic E-state index is 12.5. The predicted octanol–water partition coefficient (Wildman–Crippen LogP) is 3.95. The van der Waals surface area contributed by atoms with Gasteiger partial charge in [0.1, 0.15) is 0 Å². The fraction of sp³-hybridized carbons (Fsp3) is 0.263. The van der Waals surface area contributed by atoms with Gasteiger partial charge < -0.3 is 10.2 Å². The van der Waals surface area contributed by atoms with Gasteiger partial charge in [-0.2, -0.15) is 0 Å². The molecule has 1 saturated heterocycles. The number of hydrogen-bond donors (Lipinski definition) is 1. The van der Waals surface area contributed by atoms with Crippen LogP contribution in [-0.4, -0.2) is 18.4 Å². The number of carbonyl (C=O) groups is 2. The van der Waals surface area contributed by atoms with Crippen molar-refractivity contribution in [3.63, 3.8) is 0 Å². The van der Waals surface area contributed by atoms with Crippen LogP contribution in [0, 0.1) is 19.8 Å². The summed E-state index contributed by atoms with van der Waals surface area (Å²) in [7, 11) is 0. The molecule has 1 atom stereocenters. The van der Waals surface area contributed by atoms with Crippen molar-refractivity contribution in [2.75, 3.05) is 16.8 Å². The number of anilines is 2. The molecule has 0 saturated carbocycles. The molecule has 0 spiro atoms. The number of benzene rings is 2. The Kier molecular flexibility index (Phi) is 4.58. The molecule has 24 heavy (non-hydrogen) atoms. The van der Waals surface area contributed by atoms with Crippen LogP contribution in [0.2, 0.25) is 5.02 Å². The van der Waals surface area contributed by atoms with E-state index in [2.05, 4.69) is 5.32 Å². The minimum atomic E-state index is -0.364. The summed E-state index contributed by atoms with van der Waals surface area (Å²) in [4.78, 5) is 26.4. The van der Waals surface area contributed by atoms with E-state index in [4.69, 9.17) is 11.6 Å².